The summed E-state index contributed by atoms with van der Waals surface area (Å²) in [5.41, 5.74) is -0.532. The van der Waals surface area contributed by atoms with E-state index >= 15 is 0 Å². The summed E-state index contributed by atoms with van der Waals surface area (Å²) in [5.74, 6) is -0.751. The monoisotopic (exact) mass is 221 g/mol. The highest BCUT2D eigenvalue weighted by atomic mass is 19.1. The zero-order chi connectivity index (χ0) is 12.4. The molecule has 4 heteroatoms. The van der Waals surface area contributed by atoms with Gasteiger partial charge in [0.05, 0.1) is 11.1 Å². The second-order valence-corrected chi connectivity index (χ2v) is 3.32. The molecule has 0 fully saturated rings. The Balaban J connectivity index is 3.14. The molecule has 0 radical (unpaired) electrons. The molecule has 78 valence electrons. The normalized spacial score (nSPS) is 9.29. The molecular formula is C13H4FN3. The Hall–Kier alpha value is -2.90. The predicted molar refractivity (Wildman–Crippen MR) is 58.1 cm³/mol. The molecule has 0 unspecified atom stereocenters. The summed E-state index contributed by atoms with van der Waals surface area (Å²) in [6.07, 6.45) is 0. The molecule has 0 aliphatic rings. The molecule has 0 heterocycles. The van der Waals surface area contributed by atoms with Crippen molar-refractivity contribution >= 4 is 10.8 Å². The zero-order valence-electron chi connectivity index (χ0n) is 8.53. The Labute approximate surface area is 96.6 Å². The van der Waals surface area contributed by atoms with Gasteiger partial charge in [-0.05, 0) is 0 Å². The number of fused-ring (bicyclic) bond motifs is 1. The molecular weight excluding hydrogens is 217 g/mol. The first-order chi connectivity index (χ1) is 8.24. The number of hydrogen-bond donors (Lipinski definition) is 0. The van der Waals surface area contributed by atoms with Gasteiger partial charge in [-0.3, -0.25) is 0 Å². The van der Waals surface area contributed by atoms with Crippen molar-refractivity contribution in [1.29, 1.82) is 15.8 Å². The zero-order valence-corrected chi connectivity index (χ0v) is 8.53. The van der Waals surface area contributed by atoms with Crippen LogP contribution in [0.15, 0.2) is 24.3 Å². The third kappa shape index (κ3) is 1.39. The first kappa shape index (κ1) is 10.6. The van der Waals surface area contributed by atoms with Crippen LogP contribution in [-0.4, -0.2) is 0 Å². The van der Waals surface area contributed by atoms with Crippen LogP contribution in [0.2, 0.25) is 0 Å². The van der Waals surface area contributed by atoms with Crippen molar-refractivity contribution in [3.63, 3.8) is 0 Å². The Kier molecular flexibility index (Phi) is 2.45. The highest BCUT2D eigenvalue weighted by Gasteiger charge is 2.18. The fourth-order valence-corrected chi connectivity index (χ4v) is 1.73. The quantitative estimate of drug-likeness (QED) is 0.686. The van der Waals surface area contributed by atoms with E-state index in [2.05, 4.69) is 0 Å². The van der Waals surface area contributed by atoms with E-state index in [1.807, 2.05) is 6.07 Å². The lowest BCUT2D eigenvalue weighted by molar-refractivity contribution is 0.635. The van der Waals surface area contributed by atoms with Gasteiger partial charge in [0.25, 0.3) is 0 Å². The van der Waals surface area contributed by atoms with Crippen LogP contribution in [0, 0.1) is 39.8 Å². The van der Waals surface area contributed by atoms with Crippen molar-refractivity contribution in [2.75, 3.05) is 0 Å². The lowest BCUT2D eigenvalue weighted by Gasteiger charge is -2.05. The Morgan fingerprint density at radius 1 is 0.765 bits per heavy atom. The van der Waals surface area contributed by atoms with Crippen LogP contribution in [0.5, 0.6) is 0 Å². The van der Waals surface area contributed by atoms with Gasteiger partial charge >= 0.3 is 0 Å². The van der Waals surface area contributed by atoms with Crippen molar-refractivity contribution in [3.05, 3.63) is 46.8 Å². The largest absolute Gasteiger partial charge is 0.205 e. The fourth-order valence-electron chi connectivity index (χ4n) is 1.73. The van der Waals surface area contributed by atoms with E-state index in [1.165, 1.54) is 6.07 Å². The molecule has 2 rings (SSSR count). The molecule has 17 heavy (non-hydrogen) atoms. The molecule has 0 aromatic heterocycles. The number of hydrogen-bond acceptors (Lipinski definition) is 3. The van der Waals surface area contributed by atoms with Gasteiger partial charge in [-0.1, -0.05) is 24.3 Å². The summed E-state index contributed by atoms with van der Waals surface area (Å²) in [4.78, 5) is 0. The van der Waals surface area contributed by atoms with Crippen LogP contribution >= 0.6 is 0 Å². The summed E-state index contributed by atoms with van der Waals surface area (Å²) in [6, 6.07) is 11.5. The molecule has 0 spiro atoms. The van der Waals surface area contributed by atoms with Gasteiger partial charge in [0.1, 0.15) is 29.6 Å². The van der Waals surface area contributed by atoms with Gasteiger partial charge in [0, 0.05) is 10.8 Å². The van der Waals surface area contributed by atoms with Crippen LogP contribution in [0.3, 0.4) is 0 Å². The molecule has 0 saturated heterocycles. The van der Waals surface area contributed by atoms with Crippen LogP contribution < -0.4 is 0 Å². The molecule has 2 aromatic carbocycles. The first-order valence-electron chi connectivity index (χ1n) is 4.69. The highest BCUT2D eigenvalue weighted by molar-refractivity contribution is 5.92. The van der Waals surface area contributed by atoms with Gasteiger partial charge in [0.2, 0.25) is 0 Å². The minimum absolute atomic E-state index is 0.0426. The first-order valence-corrected chi connectivity index (χ1v) is 4.69. The van der Waals surface area contributed by atoms with E-state index < -0.39 is 5.82 Å². The number of nitrogens with zero attached hydrogens (tertiary/aromatic N) is 3. The third-order valence-corrected chi connectivity index (χ3v) is 2.49. The van der Waals surface area contributed by atoms with Crippen LogP contribution in [0.1, 0.15) is 16.7 Å². The SMILES string of the molecule is N#Cc1c(C#N)c(C#N)c2ccccc2c1F. The van der Waals surface area contributed by atoms with Gasteiger partial charge in [0.15, 0.2) is 0 Å². The predicted octanol–water partition coefficient (Wildman–Crippen LogP) is 2.59. The standard InChI is InChI=1S/C13H4FN3/c14-13-9-4-2-1-3-8(9)10(5-15)11(6-16)12(13)7-17/h1-4H. The maximum atomic E-state index is 14.0. The summed E-state index contributed by atoms with van der Waals surface area (Å²) in [6.45, 7) is 0. The Morgan fingerprint density at radius 3 is 1.82 bits per heavy atom. The van der Waals surface area contributed by atoms with E-state index in [1.54, 1.807) is 30.3 Å². The van der Waals surface area contributed by atoms with Gasteiger partial charge in [-0.25, -0.2) is 4.39 Å². The Bertz CT molecular complexity index is 742. The average molecular weight is 221 g/mol. The lowest BCUT2D eigenvalue weighted by Crippen LogP contribution is -1.97. The Morgan fingerprint density at radius 2 is 1.29 bits per heavy atom. The maximum Gasteiger partial charge on any atom is 0.150 e. The van der Waals surface area contributed by atoms with E-state index in [4.69, 9.17) is 15.8 Å². The van der Waals surface area contributed by atoms with Crippen molar-refractivity contribution < 1.29 is 4.39 Å². The minimum Gasteiger partial charge on any atom is -0.205 e. The number of rotatable bonds is 0. The average Bonchev–Trinajstić information content (AvgIpc) is 2.38. The van der Waals surface area contributed by atoms with Gasteiger partial charge < -0.3 is 0 Å². The summed E-state index contributed by atoms with van der Waals surface area (Å²) in [5, 5.41) is 27.3. The molecule has 0 N–H and O–H groups in total. The molecule has 0 saturated carbocycles. The summed E-state index contributed by atoms with van der Waals surface area (Å²) in [7, 11) is 0. The smallest absolute Gasteiger partial charge is 0.150 e. The maximum absolute atomic E-state index is 14.0. The van der Waals surface area contributed by atoms with Crippen LogP contribution in [-0.2, 0) is 0 Å². The second-order valence-electron chi connectivity index (χ2n) is 3.32. The van der Waals surface area contributed by atoms with Crippen molar-refractivity contribution in [2.45, 2.75) is 0 Å². The fraction of sp³-hybridized carbons (Fsp3) is 0. The number of nitriles is 3. The van der Waals surface area contributed by atoms with E-state index in [0.717, 1.165) is 0 Å². The van der Waals surface area contributed by atoms with E-state index in [-0.39, 0.29) is 22.1 Å². The molecule has 0 bridgehead atoms. The van der Waals surface area contributed by atoms with Crippen molar-refractivity contribution in [3.8, 4) is 18.2 Å². The molecule has 0 aliphatic carbocycles. The molecule has 0 amide bonds. The summed E-state index contributed by atoms with van der Waals surface area (Å²) < 4.78 is 14.0. The van der Waals surface area contributed by atoms with E-state index in [0.29, 0.717) is 5.39 Å². The number of halogens is 1. The minimum atomic E-state index is -0.751. The molecule has 0 aliphatic heterocycles. The summed E-state index contributed by atoms with van der Waals surface area (Å²) >= 11 is 0. The van der Waals surface area contributed by atoms with Crippen molar-refractivity contribution in [1.82, 2.24) is 0 Å². The lowest BCUT2D eigenvalue weighted by atomic mass is 9.95. The van der Waals surface area contributed by atoms with Gasteiger partial charge in [-0.2, -0.15) is 15.8 Å². The molecule has 2 aromatic rings. The van der Waals surface area contributed by atoms with Crippen molar-refractivity contribution in [2.24, 2.45) is 0 Å². The second kappa shape index (κ2) is 3.93. The van der Waals surface area contributed by atoms with Gasteiger partial charge in [-0.15, -0.1) is 0 Å². The topological polar surface area (TPSA) is 71.4 Å². The van der Waals surface area contributed by atoms with Crippen LogP contribution in [0.4, 0.5) is 4.39 Å². The third-order valence-electron chi connectivity index (χ3n) is 2.49. The molecule has 0 atom stereocenters. The van der Waals surface area contributed by atoms with E-state index in [9.17, 15) is 4.39 Å². The highest BCUT2D eigenvalue weighted by Crippen LogP contribution is 2.28. The number of benzene rings is 2. The van der Waals surface area contributed by atoms with Crippen LogP contribution in [0.25, 0.3) is 10.8 Å². The molecule has 3 nitrogen and oxygen atoms in total.